The molecular formula is C15H25N3O. The van der Waals surface area contributed by atoms with Crippen LogP contribution in [0.3, 0.4) is 0 Å². The molecule has 0 saturated heterocycles. The smallest absolute Gasteiger partial charge is 0.238 e. The SMILES string of the molecule is Cc1cc(C)cc(NC(=O)CNCCCN(C)C)c1. The predicted molar refractivity (Wildman–Crippen MR) is 80.6 cm³/mol. The molecule has 0 unspecified atom stereocenters. The first-order valence-corrected chi connectivity index (χ1v) is 6.71. The Bertz CT molecular complexity index is 396. The van der Waals surface area contributed by atoms with E-state index in [-0.39, 0.29) is 5.91 Å². The Morgan fingerprint density at radius 3 is 2.37 bits per heavy atom. The summed E-state index contributed by atoms with van der Waals surface area (Å²) in [6.45, 7) is 6.31. The van der Waals surface area contributed by atoms with E-state index in [0.29, 0.717) is 6.54 Å². The average Bonchev–Trinajstić information content (AvgIpc) is 2.26. The highest BCUT2D eigenvalue weighted by molar-refractivity contribution is 5.92. The molecule has 0 aromatic heterocycles. The first-order valence-electron chi connectivity index (χ1n) is 6.71. The van der Waals surface area contributed by atoms with Crippen LogP contribution in [0.4, 0.5) is 5.69 Å². The van der Waals surface area contributed by atoms with Crippen LogP contribution in [0.5, 0.6) is 0 Å². The Morgan fingerprint density at radius 1 is 1.16 bits per heavy atom. The third kappa shape index (κ3) is 6.94. The van der Waals surface area contributed by atoms with Crippen LogP contribution < -0.4 is 10.6 Å². The molecule has 1 rings (SSSR count). The van der Waals surface area contributed by atoms with E-state index in [1.807, 2.05) is 40.1 Å². The van der Waals surface area contributed by atoms with Gasteiger partial charge in [-0.3, -0.25) is 4.79 Å². The van der Waals surface area contributed by atoms with E-state index in [1.165, 1.54) is 0 Å². The molecule has 2 N–H and O–H groups in total. The number of hydrogen-bond acceptors (Lipinski definition) is 3. The molecule has 1 aromatic rings. The van der Waals surface area contributed by atoms with Crippen molar-refractivity contribution in [1.29, 1.82) is 0 Å². The van der Waals surface area contributed by atoms with Gasteiger partial charge in [-0.2, -0.15) is 0 Å². The summed E-state index contributed by atoms with van der Waals surface area (Å²) in [6.07, 6.45) is 1.05. The van der Waals surface area contributed by atoms with Crippen molar-refractivity contribution >= 4 is 11.6 Å². The lowest BCUT2D eigenvalue weighted by Gasteiger charge is -2.10. The summed E-state index contributed by atoms with van der Waals surface area (Å²) in [5, 5.41) is 6.06. The van der Waals surface area contributed by atoms with Crippen molar-refractivity contribution in [3.8, 4) is 0 Å². The highest BCUT2D eigenvalue weighted by Gasteiger charge is 2.02. The van der Waals surface area contributed by atoms with E-state index in [4.69, 9.17) is 0 Å². The lowest BCUT2D eigenvalue weighted by atomic mass is 10.1. The fourth-order valence-corrected chi connectivity index (χ4v) is 1.97. The van der Waals surface area contributed by atoms with Crippen molar-refractivity contribution in [2.45, 2.75) is 20.3 Å². The van der Waals surface area contributed by atoms with Crippen molar-refractivity contribution in [2.75, 3.05) is 39.0 Å². The maximum absolute atomic E-state index is 11.7. The molecule has 0 atom stereocenters. The van der Waals surface area contributed by atoms with Gasteiger partial charge < -0.3 is 15.5 Å². The summed E-state index contributed by atoms with van der Waals surface area (Å²) in [4.78, 5) is 13.9. The van der Waals surface area contributed by atoms with Crippen LogP contribution in [0.15, 0.2) is 18.2 Å². The molecule has 106 valence electrons. The largest absolute Gasteiger partial charge is 0.325 e. The molecule has 4 nitrogen and oxygen atoms in total. The molecule has 4 heteroatoms. The highest BCUT2D eigenvalue weighted by Crippen LogP contribution is 2.13. The monoisotopic (exact) mass is 263 g/mol. The van der Waals surface area contributed by atoms with Gasteiger partial charge in [-0.25, -0.2) is 0 Å². The molecule has 1 amide bonds. The third-order valence-electron chi connectivity index (χ3n) is 2.75. The number of anilines is 1. The van der Waals surface area contributed by atoms with Gasteiger partial charge in [0.25, 0.3) is 0 Å². The molecule has 0 aliphatic heterocycles. The molecule has 0 heterocycles. The van der Waals surface area contributed by atoms with Crippen molar-refractivity contribution in [3.05, 3.63) is 29.3 Å². The Labute approximate surface area is 116 Å². The fourth-order valence-electron chi connectivity index (χ4n) is 1.97. The summed E-state index contributed by atoms with van der Waals surface area (Å²) in [5.74, 6) is 0.00912. The van der Waals surface area contributed by atoms with Crippen LogP contribution in [-0.2, 0) is 4.79 Å². The summed E-state index contributed by atoms with van der Waals surface area (Å²) in [7, 11) is 4.10. The van der Waals surface area contributed by atoms with Crippen LogP contribution in [0, 0.1) is 13.8 Å². The quantitative estimate of drug-likeness (QED) is 0.737. The van der Waals surface area contributed by atoms with Gasteiger partial charge in [-0.05, 0) is 70.7 Å². The van der Waals surface area contributed by atoms with Crippen molar-refractivity contribution < 1.29 is 4.79 Å². The Hall–Kier alpha value is -1.39. The first-order chi connectivity index (χ1) is 8.97. The topological polar surface area (TPSA) is 44.4 Å². The minimum absolute atomic E-state index is 0.00912. The number of hydrogen-bond donors (Lipinski definition) is 2. The van der Waals surface area contributed by atoms with E-state index in [0.717, 1.165) is 36.3 Å². The molecule has 0 aliphatic rings. The number of nitrogens with zero attached hydrogens (tertiary/aromatic N) is 1. The van der Waals surface area contributed by atoms with Crippen molar-refractivity contribution in [1.82, 2.24) is 10.2 Å². The zero-order valence-corrected chi connectivity index (χ0v) is 12.4. The number of aryl methyl sites for hydroxylation is 2. The lowest BCUT2D eigenvalue weighted by Crippen LogP contribution is -2.30. The third-order valence-corrected chi connectivity index (χ3v) is 2.75. The van der Waals surface area contributed by atoms with E-state index < -0.39 is 0 Å². The Balaban J connectivity index is 2.27. The minimum atomic E-state index is 0.00912. The Kier molecular flexibility index (Phi) is 6.53. The van der Waals surface area contributed by atoms with Gasteiger partial charge >= 0.3 is 0 Å². The number of nitrogens with one attached hydrogen (secondary N) is 2. The number of carbonyl (C=O) groups is 1. The summed E-state index contributed by atoms with van der Waals surface area (Å²) >= 11 is 0. The number of amides is 1. The number of carbonyl (C=O) groups excluding carboxylic acids is 1. The number of benzene rings is 1. The first kappa shape index (κ1) is 15.7. The molecule has 1 aromatic carbocycles. The van der Waals surface area contributed by atoms with E-state index >= 15 is 0 Å². The second-order valence-corrected chi connectivity index (χ2v) is 5.26. The lowest BCUT2D eigenvalue weighted by molar-refractivity contribution is -0.115. The Morgan fingerprint density at radius 2 is 1.79 bits per heavy atom. The standard InChI is InChI=1S/C15H25N3O/c1-12-8-13(2)10-14(9-12)17-15(19)11-16-6-5-7-18(3)4/h8-10,16H,5-7,11H2,1-4H3,(H,17,19). The van der Waals surface area contributed by atoms with Gasteiger partial charge in [0.2, 0.25) is 5.91 Å². The van der Waals surface area contributed by atoms with E-state index in [1.54, 1.807) is 0 Å². The normalized spacial score (nSPS) is 10.8. The van der Waals surface area contributed by atoms with Crippen LogP contribution >= 0.6 is 0 Å². The van der Waals surface area contributed by atoms with E-state index in [9.17, 15) is 4.79 Å². The van der Waals surface area contributed by atoms with Crippen molar-refractivity contribution in [2.24, 2.45) is 0 Å². The molecular weight excluding hydrogens is 238 g/mol. The van der Waals surface area contributed by atoms with Crippen LogP contribution in [0.25, 0.3) is 0 Å². The van der Waals surface area contributed by atoms with Crippen LogP contribution in [0.1, 0.15) is 17.5 Å². The van der Waals surface area contributed by atoms with Gasteiger partial charge in [0, 0.05) is 5.69 Å². The van der Waals surface area contributed by atoms with Crippen LogP contribution in [0.2, 0.25) is 0 Å². The minimum Gasteiger partial charge on any atom is -0.325 e. The summed E-state index contributed by atoms with van der Waals surface area (Å²) in [5.41, 5.74) is 3.20. The molecule has 0 spiro atoms. The highest BCUT2D eigenvalue weighted by atomic mass is 16.1. The maximum atomic E-state index is 11.7. The van der Waals surface area contributed by atoms with Crippen molar-refractivity contribution in [3.63, 3.8) is 0 Å². The van der Waals surface area contributed by atoms with Crippen LogP contribution in [-0.4, -0.2) is 44.5 Å². The molecule has 0 aliphatic carbocycles. The predicted octanol–water partition coefficient (Wildman–Crippen LogP) is 1.78. The van der Waals surface area contributed by atoms with Gasteiger partial charge in [0.15, 0.2) is 0 Å². The summed E-state index contributed by atoms with van der Waals surface area (Å²) in [6, 6.07) is 6.06. The zero-order valence-electron chi connectivity index (χ0n) is 12.4. The molecule has 0 radical (unpaired) electrons. The van der Waals surface area contributed by atoms with Gasteiger partial charge in [-0.15, -0.1) is 0 Å². The average molecular weight is 263 g/mol. The molecule has 0 saturated carbocycles. The zero-order chi connectivity index (χ0) is 14.3. The van der Waals surface area contributed by atoms with Gasteiger partial charge in [0.05, 0.1) is 6.54 Å². The van der Waals surface area contributed by atoms with Gasteiger partial charge in [0.1, 0.15) is 0 Å². The van der Waals surface area contributed by atoms with Gasteiger partial charge in [-0.1, -0.05) is 6.07 Å². The maximum Gasteiger partial charge on any atom is 0.238 e. The molecule has 0 bridgehead atoms. The number of rotatable bonds is 7. The second-order valence-electron chi connectivity index (χ2n) is 5.26. The van der Waals surface area contributed by atoms with E-state index in [2.05, 4.69) is 21.6 Å². The fraction of sp³-hybridized carbons (Fsp3) is 0.533. The molecule has 0 fully saturated rings. The molecule has 19 heavy (non-hydrogen) atoms. The summed E-state index contributed by atoms with van der Waals surface area (Å²) < 4.78 is 0. The second kappa shape index (κ2) is 7.92.